The number of nitrogens with one attached hydrogen (secondary N) is 1. The molecule has 1 N–H and O–H groups in total. The van der Waals surface area contributed by atoms with Crippen molar-refractivity contribution in [2.75, 3.05) is 24.8 Å². The highest BCUT2D eigenvalue weighted by Gasteiger charge is 2.27. The number of methoxy groups -OCH3 is 1. The molecule has 2 aromatic heterocycles. The average Bonchev–Trinajstić information content (AvgIpc) is 3.42. The molecular formula is C22H23N3O5S2. The molecule has 1 aliphatic carbocycles. The van der Waals surface area contributed by atoms with Gasteiger partial charge in [-0.25, -0.2) is 4.79 Å². The molecule has 0 aliphatic heterocycles. The van der Waals surface area contributed by atoms with Crippen molar-refractivity contribution in [1.82, 2.24) is 10.2 Å². The zero-order valence-electron chi connectivity index (χ0n) is 17.8. The van der Waals surface area contributed by atoms with Crippen molar-refractivity contribution in [3.05, 3.63) is 40.3 Å². The van der Waals surface area contributed by atoms with E-state index < -0.39 is 0 Å². The maximum absolute atomic E-state index is 12.6. The quantitative estimate of drug-likeness (QED) is 0.374. The van der Waals surface area contributed by atoms with Gasteiger partial charge in [0.25, 0.3) is 5.22 Å². The first-order valence-electron chi connectivity index (χ1n) is 10.3. The van der Waals surface area contributed by atoms with E-state index in [0.29, 0.717) is 28.8 Å². The molecule has 0 spiro atoms. The van der Waals surface area contributed by atoms with Crippen LogP contribution in [0.4, 0.5) is 5.00 Å². The van der Waals surface area contributed by atoms with E-state index in [0.717, 1.165) is 53.4 Å². The molecule has 0 saturated carbocycles. The number of hydrogen-bond acceptors (Lipinski definition) is 9. The standard InChI is InChI=1S/C22H23N3O5S2/c1-3-29-21(27)18-15-9-4-5-10-16(15)32-20(18)23-17(26)12-31-22-25-24-19(30-22)13-7-6-8-14(11-13)28-2/h6-8,11H,3-5,9-10,12H2,1-2H3,(H,23,26). The first-order valence-corrected chi connectivity index (χ1v) is 12.1. The first kappa shape index (κ1) is 22.3. The number of carbonyl (C=O) groups is 2. The van der Waals surface area contributed by atoms with E-state index in [2.05, 4.69) is 15.5 Å². The number of thiophene rings is 1. The van der Waals surface area contributed by atoms with Gasteiger partial charge >= 0.3 is 5.97 Å². The van der Waals surface area contributed by atoms with Gasteiger partial charge in [0.2, 0.25) is 11.8 Å². The van der Waals surface area contributed by atoms with Gasteiger partial charge in [0, 0.05) is 10.4 Å². The van der Waals surface area contributed by atoms with Gasteiger partial charge in [-0.1, -0.05) is 17.8 Å². The molecule has 1 aliphatic rings. The van der Waals surface area contributed by atoms with Gasteiger partial charge in [0.1, 0.15) is 10.8 Å². The summed E-state index contributed by atoms with van der Waals surface area (Å²) in [6, 6.07) is 7.30. The zero-order valence-corrected chi connectivity index (χ0v) is 19.4. The molecule has 2 heterocycles. The Kier molecular flexibility index (Phi) is 7.11. The summed E-state index contributed by atoms with van der Waals surface area (Å²) < 4.78 is 16.1. The lowest BCUT2D eigenvalue weighted by atomic mass is 9.95. The number of anilines is 1. The highest BCUT2D eigenvalue weighted by Crippen LogP contribution is 2.38. The maximum atomic E-state index is 12.6. The minimum atomic E-state index is -0.380. The number of nitrogens with zero attached hydrogens (tertiary/aromatic N) is 2. The topological polar surface area (TPSA) is 104 Å². The summed E-state index contributed by atoms with van der Waals surface area (Å²) in [6.07, 6.45) is 3.88. The largest absolute Gasteiger partial charge is 0.497 e. The summed E-state index contributed by atoms with van der Waals surface area (Å²) >= 11 is 2.60. The second-order valence-corrected chi connectivity index (χ2v) is 9.11. The van der Waals surface area contributed by atoms with E-state index in [1.54, 1.807) is 20.1 Å². The third kappa shape index (κ3) is 4.97. The van der Waals surface area contributed by atoms with Crippen molar-refractivity contribution < 1.29 is 23.5 Å². The summed E-state index contributed by atoms with van der Waals surface area (Å²) in [7, 11) is 1.59. The van der Waals surface area contributed by atoms with E-state index in [9.17, 15) is 9.59 Å². The third-order valence-corrected chi connectivity index (χ3v) is 6.98. The molecule has 8 nitrogen and oxygen atoms in total. The molecule has 0 bridgehead atoms. The Balaban J connectivity index is 1.42. The normalized spacial score (nSPS) is 12.8. The lowest BCUT2D eigenvalue weighted by Gasteiger charge is -2.12. The Bertz CT molecular complexity index is 1120. The van der Waals surface area contributed by atoms with Crippen LogP contribution in [0, 0.1) is 0 Å². The second kappa shape index (κ2) is 10.2. The molecule has 10 heteroatoms. The molecule has 0 fully saturated rings. The minimum Gasteiger partial charge on any atom is -0.497 e. The molecule has 0 saturated heterocycles. The summed E-state index contributed by atoms with van der Waals surface area (Å²) in [5.74, 6) is 0.479. The summed E-state index contributed by atoms with van der Waals surface area (Å²) in [5, 5.41) is 11.8. The van der Waals surface area contributed by atoms with Crippen LogP contribution < -0.4 is 10.1 Å². The molecular weight excluding hydrogens is 450 g/mol. The monoisotopic (exact) mass is 473 g/mol. The second-order valence-electron chi connectivity index (χ2n) is 7.08. The molecule has 32 heavy (non-hydrogen) atoms. The van der Waals surface area contributed by atoms with E-state index in [1.165, 1.54) is 11.3 Å². The van der Waals surface area contributed by atoms with Crippen molar-refractivity contribution in [3.63, 3.8) is 0 Å². The number of hydrogen-bond donors (Lipinski definition) is 1. The van der Waals surface area contributed by atoms with Crippen molar-refractivity contribution >= 4 is 40.0 Å². The smallest absolute Gasteiger partial charge is 0.341 e. The number of aromatic nitrogens is 2. The Morgan fingerprint density at radius 2 is 2.09 bits per heavy atom. The lowest BCUT2D eigenvalue weighted by Crippen LogP contribution is -2.17. The van der Waals surface area contributed by atoms with Crippen molar-refractivity contribution in [3.8, 4) is 17.2 Å². The van der Waals surface area contributed by atoms with Gasteiger partial charge in [-0.15, -0.1) is 21.5 Å². The molecule has 1 amide bonds. The van der Waals surface area contributed by atoms with Gasteiger partial charge in [0.05, 0.1) is 25.0 Å². The molecule has 0 atom stereocenters. The Hall–Kier alpha value is -2.85. The number of rotatable bonds is 8. The predicted molar refractivity (Wildman–Crippen MR) is 123 cm³/mol. The number of benzene rings is 1. The maximum Gasteiger partial charge on any atom is 0.341 e. The molecule has 168 valence electrons. The molecule has 4 rings (SSSR count). The molecule has 1 aromatic carbocycles. The van der Waals surface area contributed by atoms with Gasteiger partial charge in [-0.3, -0.25) is 4.79 Å². The van der Waals surface area contributed by atoms with Gasteiger partial charge in [-0.05, 0) is 56.4 Å². The number of ether oxygens (including phenoxy) is 2. The van der Waals surface area contributed by atoms with Crippen molar-refractivity contribution in [1.29, 1.82) is 0 Å². The lowest BCUT2D eigenvalue weighted by molar-refractivity contribution is -0.113. The van der Waals surface area contributed by atoms with E-state index in [1.807, 2.05) is 18.2 Å². The van der Waals surface area contributed by atoms with Crippen LogP contribution in [-0.2, 0) is 22.4 Å². The third-order valence-electron chi connectivity index (χ3n) is 4.95. The number of esters is 1. The van der Waals surface area contributed by atoms with Crippen LogP contribution in [0.3, 0.4) is 0 Å². The predicted octanol–water partition coefficient (Wildman–Crippen LogP) is 4.59. The Labute approximate surface area is 193 Å². The van der Waals surface area contributed by atoms with Crippen LogP contribution in [0.5, 0.6) is 5.75 Å². The average molecular weight is 474 g/mol. The van der Waals surface area contributed by atoms with Gasteiger partial charge in [0.15, 0.2) is 0 Å². The first-order chi connectivity index (χ1) is 15.6. The zero-order chi connectivity index (χ0) is 22.5. The fourth-order valence-electron chi connectivity index (χ4n) is 3.50. The molecule has 3 aromatic rings. The number of fused-ring (bicyclic) bond motifs is 1. The van der Waals surface area contributed by atoms with Crippen LogP contribution in [0.1, 0.15) is 40.6 Å². The van der Waals surface area contributed by atoms with Crippen LogP contribution in [0.2, 0.25) is 0 Å². The van der Waals surface area contributed by atoms with Crippen LogP contribution in [0.25, 0.3) is 11.5 Å². The van der Waals surface area contributed by atoms with Crippen molar-refractivity contribution in [2.24, 2.45) is 0 Å². The van der Waals surface area contributed by atoms with Gasteiger partial charge in [-0.2, -0.15) is 0 Å². The number of carbonyl (C=O) groups excluding carboxylic acids is 2. The molecule has 0 radical (unpaired) electrons. The van der Waals surface area contributed by atoms with E-state index >= 15 is 0 Å². The van der Waals surface area contributed by atoms with E-state index in [4.69, 9.17) is 13.9 Å². The summed E-state index contributed by atoms with van der Waals surface area (Å²) in [4.78, 5) is 26.3. The highest BCUT2D eigenvalue weighted by molar-refractivity contribution is 7.99. The van der Waals surface area contributed by atoms with Crippen LogP contribution in [0.15, 0.2) is 33.9 Å². The highest BCUT2D eigenvalue weighted by atomic mass is 32.2. The fraction of sp³-hybridized carbons (Fsp3) is 0.364. The summed E-state index contributed by atoms with van der Waals surface area (Å²) in [6.45, 7) is 2.06. The number of aryl methyl sites for hydroxylation is 1. The van der Waals surface area contributed by atoms with Gasteiger partial charge < -0.3 is 19.2 Å². The minimum absolute atomic E-state index is 0.0740. The van der Waals surface area contributed by atoms with Crippen molar-refractivity contribution in [2.45, 2.75) is 37.8 Å². The van der Waals surface area contributed by atoms with Crippen LogP contribution in [-0.4, -0.2) is 41.5 Å². The van der Waals surface area contributed by atoms with E-state index in [-0.39, 0.29) is 22.9 Å². The molecule has 0 unspecified atom stereocenters. The Morgan fingerprint density at radius 1 is 1.25 bits per heavy atom. The number of thioether (sulfide) groups is 1. The fourth-order valence-corrected chi connectivity index (χ4v) is 5.36. The van der Waals surface area contributed by atoms with Crippen LogP contribution >= 0.6 is 23.1 Å². The SMILES string of the molecule is CCOC(=O)c1c(NC(=O)CSc2nnc(-c3cccc(OC)c3)o2)sc2c1CCCC2. The summed E-state index contributed by atoms with van der Waals surface area (Å²) in [5.41, 5.74) is 2.25. The Morgan fingerprint density at radius 3 is 2.91 bits per heavy atom. The number of amides is 1.